The number of hydrogen-bond acceptors (Lipinski definition) is 4. The van der Waals surface area contributed by atoms with E-state index < -0.39 is 4.92 Å². The Kier molecular flexibility index (Phi) is 4.11. The molecule has 0 unspecified atom stereocenters. The SMILES string of the molecule is CNC1CCN(C(=O)c2ccc([N+](=O)[O-])cc2)CC1. The maximum Gasteiger partial charge on any atom is 0.269 e. The maximum atomic E-state index is 12.2. The predicted molar refractivity (Wildman–Crippen MR) is 71.1 cm³/mol. The van der Waals surface area contributed by atoms with E-state index in [4.69, 9.17) is 0 Å². The molecule has 1 aromatic rings. The van der Waals surface area contributed by atoms with Crippen LogP contribution in [0, 0.1) is 10.1 Å². The molecular formula is C13H17N3O3. The Morgan fingerprint density at radius 1 is 1.32 bits per heavy atom. The second-order valence-corrected chi connectivity index (χ2v) is 4.66. The van der Waals surface area contributed by atoms with Gasteiger partial charge in [-0.05, 0) is 32.0 Å². The Labute approximate surface area is 111 Å². The Balaban J connectivity index is 2.02. The molecule has 1 fully saturated rings. The lowest BCUT2D eigenvalue weighted by Crippen LogP contribution is -2.43. The molecule has 0 aromatic heterocycles. The molecule has 6 heteroatoms. The second kappa shape index (κ2) is 5.79. The van der Waals surface area contributed by atoms with Crippen LogP contribution in [0.2, 0.25) is 0 Å². The summed E-state index contributed by atoms with van der Waals surface area (Å²) in [5.74, 6) is -0.0514. The molecule has 1 heterocycles. The van der Waals surface area contributed by atoms with Gasteiger partial charge in [0.1, 0.15) is 0 Å². The quantitative estimate of drug-likeness (QED) is 0.661. The first-order valence-corrected chi connectivity index (χ1v) is 6.33. The van der Waals surface area contributed by atoms with E-state index in [1.54, 1.807) is 4.90 Å². The molecule has 1 N–H and O–H groups in total. The number of piperidine rings is 1. The van der Waals surface area contributed by atoms with Crippen molar-refractivity contribution in [2.75, 3.05) is 20.1 Å². The first-order chi connectivity index (χ1) is 9.11. The normalized spacial score (nSPS) is 16.4. The number of rotatable bonds is 3. The summed E-state index contributed by atoms with van der Waals surface area (Å²) in [5, 5.41) is 13.8. The minimum absolute atomic E-state index is 0.00504. The fourth-order valence-electron chi connectivity index (χ4n) is 2.28. The molecule has 1 aromatic carbocycles. The molecule has 0 radical (unpaired) electrons. The maximum absolute atomic E-state index is 12.2. The number of nitrogens with one attached hydrogen (secondary N) is 1. The first kappa shape index (κ1) is 13.5. The van der Waals surface area contributed by atoms with Crippen molar-refractivity contribution < 1.29 is 9.72 Å². The van der Waals surface area contributed by atoms with Gasteiger partial charge in [-0.3, -0.25) is 14.9 Å². The van der Waals surface area contributed by atoms with Crippen molar-refractivity contribution in [1.29, 1.82) is 0 Å². The second-order valence-electron chi connectivity index (χ2n) is 4.66. The van der Waals surface area contributed by atoms with Crippen molar-refractivity contribution in [2.45, 2.75) is 18.9 Å². The Morgan fingerprint density at radius 3 is 2.37 bits per heavy atom. The van der Waals surface area contributed by atoms with E-state index in [1.807, 2.05) is 7.05 Å². The highest BCUT2D eigenvalue weighted by Crippen LogP contribution is 2.16. The number of amides is 1. The van der Waals surface area contributed by atoms with Crippen LogP contribution in [0.25, 0.3) is 0 Å². The summed E-state index contributed by atoms with van der Waals surface area (Å²) in [7, 11) is 1.93. The van der Waals surface area contributed by atoms with Crippen molar-refractivity contribution in [3.63, 3.8) is 0 Å². The summed E-state index contributed by atoms with van der Waals surface area (Å²) in [4.78, 5) is 24.1. The highest BCUT2D eigenvalue weighted by molar-refractivity contribution is 5.94. The van der Waals surface area contributed by atoms with Crippen LogP contribution in [-0.2, 0) is 0 Å². The number of carbonyl (C=O) groups excluding carboxylic acids is 1. The van der Waals surface area contributed by atoms with Crippen molar-refractivity contribution in [2.24, 2.45) is 0 Å². The third-order valence-electron chi connectivity index (χ3n) is 3.52. The van der Waals surface area contributed by atoms with E-state index in [9.17, 15) is 14.9 Å². The molecule has 0 bridgehead atoms. The van der Waals surface area contributed by atoms with Gasteiger partial charge in [0.25, 0.3) is 11.6 Å². The van der Waals surface area contributed by atoms with Crippen molar-refractivity contribution in [3.8, 4) is 0 Å². The fraction of sp³-hybridized carbons (Fsp3) is 0.462. The van der Waals surface area contributed by atoms with Crippen LogP contribution >= 0.6 is 0 Å². The van der Waals surface area contributed by atoms with Crippen molar-refractivity contribution >= 4 is 11.6 Å². The van der Waals surface area contributed by atoms with Gasteiger partial charge in [-0.1, -0.05) is 0 Å². The van der Waals surface area contributed by atoms with Crippen LogP contribution in [0.4, 0.5) is 5.69 Å². The van der Waals surface area contributed by atoms with E-state index in [1.165, 1.54) is 24.3 Å². The molecule has 0 spiro atoms. The zero-order valence-corrected chi connectivity index (χ0v) is 10.8. The van der Waals surface area contributed by atoms with E-state index in [-0.39, 0.29) is 11.6 Å². The fourth-order valence-corrected chi connectivity index (χ4v) is 2.28. The molecule has 2 rings (SSSR count). The highest BCUT2D eigenvalue weighted by atomic mass is 16.6. The number of nitrogens with zero attached hydrogens (tertiary/aromatic N) is 2. The molecule has 19 heavy (non-hydrogen) atoms. The zero-order valence-electron chi connectivity index (χ0n) is 10.8. The minimum Gasteiger partial charge on any atom is -0.339 e. The van der Waals surface area contributed by atoms with E-state index >= 15 is 0 Å². The molecule has 1 aliphatic rings. The average Bonchev–Trinajstić information content (AvgIpc) is 2.46. The summed E-state index contributed by atoms with van der Waals surface area (Å²) in [6.07, 6.45) is 1.88. The van der Waals surface area contributed by atoms with Gasteiger partial charge in [0.2, 0.25) is 0 Å². The number of likely N-dealkylation sites (tertiary alicyclic amines) is 1. The standard InChI is InChI=1S/C13H17N3O3/c1-14-11-6-8-15(9-7-11)13(17)10-2-4-12(5-3-10)16(18)19/h2-5,11,14H,6-9H2,1H3. The lowest BCUT2D eigenvalue weighted by Gasteiger charge is -2.31. The predicted octanol–water partition coefficient (Wildman–Crippen LogP) is 1.42. The Hall–Kier alpha value is -1.95. The molecule has 1 aliphatic heterocycles. The Bertz CT molecular complexity index is 465. The minimum atomic E-state index is -0.466. The molecular weight excluding hydrogens is 246 g/mol. The summed E-state index contributed by atoms with van der Waals surface area (Å²) >= 11 is 0. The lowest BCUT2D eigenvalue weighted by molar-refractivity contribution is -0.384. The molecule has 1 saturated heterocycles. The van der Waals surface area contributed by atoms with Gasteiger partial charge in [-0.2, -0.15) is 0 Å². The number of non-ortho nitro benzene ring substituents is 1. The first-order valence-electron chi connectivity index (χ1n) is 6.33. The molecule has 0 aliphatic carbocycles. The third kappa shape index (κ3) is 3.08. The van der Waals surface area contributed by atoms with Gasteiger partial charge < -0.3 is 10.2 Å². The number of benzene rings is 1. The van der Waals surface area contributed by atoms with Crippen LogP contribution in [0.15, 0.2) is 24.3 Å². The number of nitro groups is 1. The molecule has 0 saturated carbocycles. The molecule has 6 nitrogen and oxygen atoms in total. The van der Waals surface area contributed by atoms with Gasteiger partial charge in [-0.25, -0.2) is 0 Å². The summed E-state index contributed by atoms with van der Waals surface area (Å²) in [6, 6.07) is 6.25. The monoisotopic (exact) mass is 263 g/mol. The van der Waals surface area contributed by atoms with Crippen LogP contribution in [0.1, 0.15) is 23.2 Å². The van der Waals surface area contributed by atoms with Crippen molar-refractivity contribution in [3.05, 3.63) is 39.9 Å². The molecule has 102 valence electrons. The van der Waals surface area contributed by atoms with Gasteiger partial charge >= 0.3 is 0 Å². The summed E-state index contributed by atoms with van der Waals surface area (Å²) in [6.45, 7) is 1.45. The molecule has 0 atom stereocenters. The average molecular weight is 263 g/mol. The molecule has 1 amide bonds. The summed E-state index contributed by atoms with van der Waals surface area (Å²) < 4.78 is 0. The van der Waals surface area contributed by atoms with Gasteiger partial charge in [0.15, 0.2) is 0 Å². The largest absolute Gasteiger partial charge is 0.339 e. The number of hydrogen-bond donors (Lipinski definition) is 1. The van der Waals surface area contributed by atoms with Crippen LogP contribution in [0.5, 0.6) is 0 Å². The number of carbonyl (C=O) groups is 1. The van der Waals surface area contributed by atoms with E-state index in [0.29, 0.717) is 11.6 Å². The number of nitro benzene ring substituents is 1. The topological polar surface area (TPSA) is 75.5 Å². The van der Waals surface area contributed by atoms with E-state index in [2.05, 4.69) is 5.32 Å². The van der Waals surface area contributed by atoms with Crippen LogP contribution in [0.3, 0.4) is 0 Å². The Morgan fingerprint density at radius 2 is 1.89 bits per heavy atom. The van der Waals surface area contributed by atoms with Gasteiger partial charge in [0, 0.05) is 36.8 Å². The van der Waals surface area contributed by atoms with Crippen LogP contribution in [-0.4, -0.2) is 41.9 Å². The lowest BCUT2D eigenvalue weighted by atomic mass is 10.0. The zero-order chi connectivity index (χ0) is 13.8. The summed E-state index contributed by atoms with van der Waals surface area (Å²) in [5.41, 5.74) is 0.513. The third-order valence-corrected chi connectivity index (χ3v) is 3.52. The van der Waals surface area contributed by atoms with Gasteiger partial charge in [-0.15, -0.1) is 0 Å². The van der Waals surface area contributed by atoms with Crippen molar-refractivity contribution in [1.82, 2.24) is 10.2 Å². The van der Waals surface area contributed by atoms with Gasteiger partial charge in [0.05, 0.1) is 4.92 Å². The smallest absolute Gasteiger partial charge is 0.269 e. The van der Waals surface area contributed by atoms with Crippen LogP contribution < -0.4 is 5.32 Å². The highest BCUT2D eigenvalue weighted by Gasteiger charge is 2.22. The van der Waals surface area contributed by atoms with E-state index in [0.717, 1.165) is 25.9 Å².